The van der Waals surface area contributed by atoms with Crippen LogP contribution in [0.3, 0.4) is 0 Å². The molecule has 1 atom stereocenters. The Bertz CT molecular complexity index is 512. The van der Waals surface area contributed by atoms with Gasteiger partial charge in [0, 0.05) is 18.9 Å². The molecule has 1 aliphatic rings. The van der Waals surface area contributed by atoms with Crippen molar-refractivity contribution in [1.29, 1.82) is 0 Å². The molecule has 1 N–H and O–H groups in total. The lowest BCUT2D eigenvalue weighted by Crippen LogP contribution is -2.28. The standard InChI is InChI=1S/C13H17N3O2/c1-2-11-10(5-7-17-11)13-15-12(16-18-13)9-4-3-6-14-8-9/h5,7,9,14H,2-4,6,8H2,1H3. The Kier molecular flexibility index (Phi) is 3.15. The smallest absolute Gasteiger partial charge is 0.261 e. The summed E-state index contributed by atoms with van der Waals surface area (Å²) in [6, 6.07) is 1.88. The largest absolute Gasteiger partial charge is 0.469 e. The van der Waals surface area contributed by atoms with Crippen molar-refractivity contribution in [2.75, 3.05) is 13.1 Å². The van der Waals surface area contributed by atoms with Crippen LogP contribution in [-0.4, -0.2) is 23.2 Å². The molecule has 0 spiro atoms. The quantitative estimate of drug-likeness (QED) is 0.902. The van der Waals surface area contributed by atoms with Gasteiger partial charge in [-0.2, -0.15) is 4.98 Å². The van der Waals surface area contributed by atoms with Crippen LogP contribution in [0.1, 0.15) is 37.3 Å². The summed E-state index contributed by atoms with van der Waals surface area (Å²) in [7, 11) is 0. The lowest BCUT2D eigenvalue weighted by Gasteiger charge is -2.19. The monoisotopic (exact) mass is 247 g/mol. The minimum Gasteiger partial charge on any atom is -0.469 e. The van der Waals surface area contributed by atoms with E-state index in [9.17, 15) is 0 Å². The molecule has 0 saturated carbocycles. The fourth-order valence-corrected chi connectivity index (χ4v) is 2.39. The maximum Gasteiger partial charge on any atom is 0.261 e. The van der Waals surface area contributed by atoms with Gasteiger partial charge in [0.25, 0.3) is 5.89 Å². The van der Waals surface area contributed by atoms with E-state index in [-0.39, 0.29) is 0 Å². The van der Waals surface area contributed by atoms with E-state index in [0.29, 0.717) is 11.8 Å². The molecule has 1 unspecified atom stereocenters. The molecule has 2 aromatic heterocycles. The molecular weight excluding hydrogens is 230 g/mol. The van der Waals surface area contributed by atoms with Crippen molar-refractivity contribution in [3.8, 4) is 11.5 Å². The molecule has 0 bridgehead atoms. The molecular formula is C13H17N3O2. The SMILES string of the molecule is CCc1occc1-c1nc(C2CCCNC2)no1. The molecule has 0 aromatic carbocycles. The zero-order chi connectivity index (χ0) is 12.4. The molecule has 1 fully saturated rings. The molecule has 0 aliphatic carbocycles. The van der Waals surface area contributed by atoms with Crippen LogP contribution in [0.15, 0.2) is 21.3 Å². The maximum atomic E-state index is 5.38. The average Bonchev–Trinajstić information content (AvgIpc) is 3.08. The second kappa shape index (κ2) is 4.94. The van der Waals surface area contributed by atoms with Crippen LogP contribution in [0.2, 0.25) is 0 Å². The third kappa shape index (κ3) is 2.06. The second-order valence-electron chi connectivity index (χ2n) is 4.61. The Morgan fingerprint density at radius 3 is 3.22 bits per heavy atom. The fourth-order valence-electron chi connectivity index (χ4n) is 2.39. The number of nitrogens with one attached hydrogen (secondary N) is 1. The predicted molar refractivity (Wildman–Crippen MR) is 66.2 cm³/mol. The van der Waals surface area contributed by atoms with Crippen LogP contribution in [-0.2, 0) is 6.42 Å². The number of aryl methyl sites for hydroxylation is 1. The zero-order valence-electron chi connectivity index (χ0n) is 10.5. The predicted octanol–water partition coefficient (Wildman–Crippen LogP) is 2.36. The zero-order valence-corrected chi connectivity index (χ0v) is 10.5. The Morgan fingerprint density at radius 1 is 1.50 bits per heavy atom. The first-order valence-electron chi connectivity index (χ1n) is 6.49. The molecule has 1 aliphatic heterocycles. The van der Waals surface area contributed by atoms with Crippen molar-refractivity contribution in [3.05, 3.63) is 23.9 Å². The minimum absolute atomic E-state index is 0.369. The van der Waals surface area contributed by atoms with Crippen molar-refractivity contribution in [2.45, 2.75) is 32.1 Å². The van der Waals surface area contributed by atoms with Gasteiger partial charge in [0.1, 0.15) is 5.76 Å². The van der Waals surface area contributed by atoms with Crippen LogP contribution in [0.4, 0.5) is 0 Å². The molecule has 3 heterocycles. The number of furan rings is 1. The lowest BCUT2D eigenvalue weighted by molar-refractivity contribution is 0.392. The highest BCUT2D eigenvalue weighted by Gasteiger charge is 2.22. The van der Waals surface area contributed by atoms with Gasteiger partial charge in [-0.15, -0.1) is 0 Å². The maximum absolute atomic E-state index is 5.38. The van der Waals surface area contributed by atoms with E-state index in [1.807, 2.05) is 13.0 Å². The van der Waals surface area contributed by atoms with Crippen molar-refractivity contribution < 1.29 is 8.94 Å². The first-order valence-corrected chi connectivity index (χ1v) is 6.49. The second-order valence-corrected chi connectivity index (χ2v) is 4.61. The summed E-state index contributed by atoms with van der Waals surface area (Å²) in [6.07, 6.45) is 4.78. The van der Waals surface area contributed by atoms with Gasteiger partial charge >= 0.3 is 0 Å². The van der Waals surface area contributed by atoms with Crippen molar-refractivity contribution >= 4 is 0 Å². The van der Waals surface area contributed by atoms with E-state index in [0.717, 1.165) is 43.1 Å². The highest BCUT2D eigenvalue weighted by atomic mass is 16.5. The summed E-state index contributed by atoms with van der Waals surface area (Å²) in [4.78, 5) is 4.51. The van der Waals surface area contributed by atoms with E-state index in [1.54, 1.807) is 6.26 Å². The van der Waals surface area contributed by atoms with Gasteiger partial charge in [-0.1, -0.05) is 12.1 Å². The minimum atomic E-state index is 0.369. The van der Waals surface area contributed by atoms with E-state index < -0.39 is 0 Å². The first-order chi connectivity index (χ1) is 8.88. The molecule has 0 radical (unpaired) electrons. The fraction of sp³-hybridized carbons (Fsp3) is 0.538. The van der Waals surface area contributed by atoms with Crippen molar-refractivity contribution in [1.82, 2.24) is 15.5 Å². The Balaban J connectivity index is 1.84. The molecule has 2 aromatic rings. The molecule has 5 nitrogen and oxygen atoms in total. The van der Waals surface area contributed by atoms with Crippen molar-refractivity contribution in [2.24, 2.45) is 0 Å². The van der Waals surface area contributed by atoms with Crippen molar-refractivity contribution in [3.63, 3.8) is 0 Å². The number of nitrogens with zero attached hydrogens (tertiary/aromatic N) is 2. The summed E-state index contributed by atoms with van der Waals surface area (Å²) in [5.41, 5.74) is 0.917. The highest BCUT2D eigenvalue weighted by molar-refractivity contribution is 5.55. The molecule has 1 saturated heterocycles. The van der Waals surface area contributed by atoms with Crippen LogP contribution in [0.25, 0.3) is 11.5 Å². The third-order valence-corrected chi connectivity index (χ3v) is 3.40. The Labute approximate surface area is 106 Å². The Morgan fingerprint density at radius 2 is 2.44 bits per heavy atom. The summed E-state index contributed by atoms with van der Waals surface area (Å²) in [5, 5.41) is 7.46. The molecule has 3 rings (SSSR count). The van der Waals surface area contributed by atoms with Gasteiger partial charge < -0.3 is 14.3 Å². The molecule has 18 heavy (non-hydrogen) atoms. The summed E-state index contributed by atoms with van der Waals surface area (Å²) < 4.78 is 10.7. The molecule has 0 amide bonds. The number of piperidine rings is 1. The van der Waals surface area contributed by atoms with Crippen LogP contribution < -0.4 is 5.32 Å². The normalized spacial score (nSPS) is 20.2. The number of hydrogen-bond acceptors (Lipinski definition) is 5. The van der Waals surface area contributed by atoms with Crippen LogP contribution in [0, 0.1) is 0 Å². The van der Waals surface area contributed by atoms with Gasteiger partial charge in [-0.25, -0.2) is 0 Å². The van der Waals surface area contributed by atoms with E-state index in [4.69, 9.17) is 8.94 Å². The summed E-state index contributed by atoms with van der Waals surface area (Å²) in [5.74, 6) is 2.64. The first kappa shape index (κ1) is 11.5. The Hall–Kier alpha value is -1.62. The number of aromatic nitrogens is 2. The van der Waals surface area contributed by atoms with Gasteiger partial charge in [0.2, 0.25) is 0 Å². The average molecular weight is 247 g/mol. The van der Waals surface area contributed by atoms with E-state index in [1.165, 1.54) is 6.42 Å². The van der Waals surface area contributed by atoms with Gasteiger partial charge in [-0.3, -0.25) is 0 Å². The number of hydrogen-bond donors (Lipinski definition) is 1. The van der Waals surface area contributed by atoms with Crippen LogP contribution in [0.5, 0.6) is 0 Å². The highest BCUT2D eigenvalue weighted by Crippen LogP contribution is 2.27. The lowest BCUT2D eigenvalue weighted by atomic mass is 9.99. The van der Waals surface area contributed by atoms with Gasteiger partial charge in [0.15, 0.2) is 5.82 Å². The molecule has 5 heteroatoms. The molecule has 96 valence electrons. The topological polar surface area (TPSA) is 64.1 Å². The third-order valence-electron chi connectivity index (χ3n) is 3.40. The number of rotatable bonds is 3. The van der Waals surface area contributed by atoms with E-state index in [2.05, 4.69) is 15.5 Å². The van der Waals surface area contributed by atoms with Crippen LogP contribution >= 0.6 is 0 Å². The summed E-state index contributed by atoms with van der Waals surface area (Å²) >= 11 is 0. The van der Waals surface area contributed by atoms with Gasteiger partial charge in [0.05, 0.1) is 11.8 Å². The van der Waals surface area contributed by atoms with Gasteiger partial charge in [-0.05, 0) is 25.5 Å². The van der Waals surface area contributed by atoms with E-state index >= 15 is 0 Å². The summed E-state index contributed by atoms with van der Waals surface area (Å²) in [6.45, 7) is 4.07.